The summed E-state index contributed by atoms with van der Waals surface area (Å²) in [5.74, 6) is 0.447. The Morgan fingerprint density at radius 2 is 1.76 bits per heavy atom. The van der Waals surface area contributed by atoms with Crippen molar-refractivity contribution in [3.05, 3.63) is 83.9 Å². The Bertz CT molecular complexity index is 1150. The molecule has 4 aromatic rings. The number of carbonyl (C=O) groups is 1. The van der Waals surface area contributed by atoms with Crippen LogP contribution in [0.4, 0.5) is 0 Å². The second kappa shape index (κ2) is 8.19. The molecule has 0 fully saturated rings. The van der Waals surface area contributed by atoms with E-state index in [-0.39, 0.29) is 12.5 Å². The molecule has 0 aliphatic rings. The maximum atomic E-state index is 11.8. The van der Waals surface area contributed by atoms with Crippen LogP contribution in [0.2, 0.25) is 0 Å². The molecule has 0 unspecified atom stereocenters. The number of benzene rings is 3. The van der Waals surface area contributed by atoms with Crippen LogP contribution in [0.15, 0.2) is 72.8 Å². The number of hydrogen-bond donors (Lipinski definition) is 0. The number of carbonyl (C=O) groups excluding carboxylic acids is 1. The predicted octanol–water partition coefficient (Wildman–Crippen LogP) is 4.76. The average Bonchev–Trinajstić information content (AvgIpc) is 3.12. The molecular weight excluding hydrogens is 364 g/mol. The second-order valence-corrected chi connectivity index (χ2v) is 6.85. The van der Waals surface area contributed by atoms with Crippen LogP contribution >= 0.6 is 0 Å². The van der Waals surface area contributed by atoms with Gasteiger partial charge in [0.1, 0.15) is 24.6 Å². The van der Waals surface area contributed by atoms with Crippen LogP contribution in [0.1, 0.15) is 11.1 Å². The van der Waals surface area contributed by atoms with Crippen LogP contribution in [0.3, 0.4) is 0 Å². The Kier molecular flexibility index (Phi) is 5.29. The number of methoxy groups -OCH3 is 1. The SMILES string of the molecule is COC(=O)Cn1nc(-c2cc(OCc3ccccc3)ccc2C)c2ccccc21. The molecule has 3 aromatic carbocycles. The van der Waals surface area contributed by atoms with Gasteiger partial charge >= 0.3 is 5.97 Å². The van der Waals surface area contributed by atoms with E-state index in [1.165, 1.54) is 7.11 Å². The third-order valence-corrected chi connectivity index (χ3v) is 4.88. The van der Waals surface area contributed by atoms with Crippen LogP contribution in [-0.4, -0.2) is 22.9 Å². The van der Waals surface area contributed by atoms with E-state index in [9.17, 15) is 4.79 Å². The number of aryl methyl sites for hydroxylation is 1. The number of hydrogen-bond acceptors (Lipinski definition) is 4. The van der Waals surface area contributed by atoms with Gasteiger partial charge in [0.2, 0.25) is 0 Å². The van der Waals surface area contributed by atoms with E-state index in [0.29, 0.717) is 6.61 Å². The van der Waals surface area contributed by atoms with Gasteiger partial charge in [-0.3, -0.25) is 9.48 Å². The van der Waals surface area contributed by atoms with E-state index >= 15 is 0 Å². The summed E-state index contributed by atoms with van der Waals surface area (Å²) in [5.41, 5.74) is 4.90. The number of aromatic nitrogens is 2. The minimum Gasteiger partial charge on any atom is -0.489 e. The summed E-state index contributed by atoms with van der Waals surface area (Å²) in [7, 11) is 1.38. The fraction of sp³-hybridized carbons (Fsp3) is 0.167. The topological polar surface area (TPSA) is 53.4 Å². The van der Waals surface area contributed by atoms with Crippen LogP contribution in [0, 0.1) is 6.92 Å². The fourth-order valence-electron chi connectivity index (χ4n) is 3.32. The lowest BCUT2D eigenvalue weighted by molar-refractivity contribution is -0.141. The van der Waals surface area contributed by atoms with Gasteiger partial charge in [-0.1, -0.05) is 54.6 Å². The van der Waals surface area contributed by atoms with Crippen molar-refractivity contribution in [3.63, 3.8) is 0 Å². The van der Waals surface area contributed by atoms with Gasteiger partial charge in [0.25, 0.3) is 0 Å². The molecule has 146 valence electrons. The molecule has 0 saturated heterocycles. The third-order valence-electron chi connectivity index (χ3n) is 4.88. The maximum Gasteiger partial charge on any atom is 0.327 e. The highest BCUT2D eigenvalue weighted by Gasteiger charge is 2.16. The van der Waals surface area contributed by atoms with Gasteiger partial charge in [0.15, 0.2) is 0 Å². The van der Waals surface area contributed by atoms with Gasteiger partial charge in [-0.2, -0.15) is 5.10 Å². The Hall–Kier alpha value is -3.60. The predicted molar refractivity (Wildman–Crippen MR) is 113 cm³/mol. The van der Waals surface area contributed by atoms with E-state index in [2.05, 4.69) is 0 Å². The molecule has 0 spiro atoms. The Morgan fingerprint density at radius 3 is 2.55 bits per heavy atom. The molecule has 5 nitrogen and oxygen atoms in total. The molecule has 1 aromatic heterocycles. The summed E-state index contributed by atoms with van der Waals surface area (Å²) in [5, 5.41) is 5.71. The van der Waals surface area contributed by atoms with E-state index in [1.807, 2.05) is 79.7 Å². The quantitative estimate of drug-likeness (QED) is 0.448. The Morgan fingerprint density at radius 1 is 1.00 bits per heavy atom. The van der Waals surface area contributed by atoms with Crippen molar-refractivity contribution >= 4 is 16.9 Å². The van der Waals surface area contributed by atoms with Crippen LogP contribution < -0.4 is 4.74 Å². The number of fused-ring (bicyclic) bond motifs is 1. The van der Waals surface area contributed by atoms with E-state index in [1.54, 1.807) is 4.68 Å². The monoisotopic (exact) mass is 386 g/mol. The average molecular weight is 386 g/mol. The zero-order valence-corrected chi connectivity index (χ0v) is 16.5. The molecule has 1 heterocycles. The highest BCUT2D eigenvalue weighted by Crippen LogP contribution is 2.33. The molecule has 0 saturated carbocycles. The number of ether oxygens (including phenoxy) is 2. The molecule has 0 N–H and O–H groups in total. The highest BCUT2D eigenvalue weighted by atomic mass is 16.5. The molecule has 0 atom stereocenters. The summed E-state index contributed by atoms with van der Waals surface area (Å²) in [6.45, 7) is 2.62. The molecule has 0 aliphatic carbocycles. The van der Waals surface area contributed by atoms with Crippen LogP contribution in [0.5, 0.6) is 5.75 Å². The van der Waals surface area contributed by atoms with Crippen molar-refractivity contribution in [1.29, 1.82) is 0 Å². The molecule has 5 heteroatoms. The maximum absolute atomic E-state index is 11.8. The summed E-state index contributed by atoms with van der Waals surface area (Å²) >= 11 is 0. The first kappa shape index (κ1) is 18.7. The number of esters is 1. The minimum absolute atomic E-state index is 0.0697. The van der Waals surface area contributed by atoms with Crippen molar-refractivity contribution in [3.8, 4) is 17.0 Å². The first-order valence-corrected chi connectivity index (χ1v) is 9.46. The molecule has 0 amide bonds. The largest absolute Gasteiger partial charge is 0.489 e. The van der Waals surface area contributed by atoms with Crippen molar-refractivity contribution in [2.45, 2.75) is 20.1 Å². The van der Waals surface area contributed by atoms with Crippen molar-refractivity contribution in [2.75, 3.05) is 7.11 Å². The smallest absolute Gasteiger partial charge is 0.327 e. The zero-order valence-electron chi connectivity index (χ0n) is 16.5. The van der Waals surface area contributed by atoms with Crippen LogP contribution in [-0.2, 0) is 22.7 Å². The molecular formula is C24H22N2O3. The molecule has 0 aliphatic heterocycles. The molecule has 4 rings (SSSR count). The lowest BCUT2D eigenvalue weighted by atomic mass is 10.0. The normalized spacial score (nSPS) is 10.8. The van der Waals surface area contributed by atoms with Gasteiger partial charge < -0.3 is 9.47 Å². The van der Waals surface area contributed by atoms with Gasteiger partial charge in [-0.25, -0.2) is 0 Å². The van der Waals surface area contributed by atoms with Crippen molar-refractivity contribution < 1.29 is 14.3 Å². The van der Waals surface area contributed by atoms with E-state index < -0.39 is 0 Å². The second-order valence-electron chi connectivity index (χ2n) is 6.85. The summed E-state index contributed by atoms with van der Waals surface area (Å²) in [4.78, 5) is 11.8. The van der Waals surface area contributed by atoms with Gasteiger partial charge in [0, 0.05) is 10.9 Å². The Labute approximate surface area is 169 Å². The first-order chi connectivity index (χ1) is 14.2. The lowest BCUT2D eigenvalue weighted by Gasteiger charge is -2.10. The standard InChI is InChI=1S/C24H22N2O3/c1-17-12-13-19(29-16-18-8-4-3-5-9-18)14-21(17)24-20-10-6-7-11-22(20)26(25-24)15-23(27)28-2/h3-14H,15-16H2,1-2H3. The number of para-hydroxylation sites is 1. The lowest BCUT2D eigenvalue weighted by Crippen LogP contribution is -2.12. The van der Waals surface area contributed by atoms with E-state index in [0.717, 1.165) is 39.0 Å². The highest BCUT2D eigenvalue weighted by molar-refractivity contribution is 5.94. The molecule has 0 radical (unpaired) electrons. The molecule has 29 heavy (non-hydrogen) atoms. The summed E-state index contributed by atoms with van der Waals surface area (Å²) in [6.07, 6.45) is 0. The third kappa shape index (κ3) is 3.99. The van der Waals surface area contributed by atoms with Gasteiger partial charge in [0.05, 0.1) is 12.6 Å². The molecule has 0 bridgehead atoms. The number of rotatable bonds is 6. The zero-order chi connectivity index (χ0) is 20.2. The fourth-order valence-corrected chi connectivity index (χ4v) is 3.32. The van der Waals surface area contributed by atoms with Crippen LogP contribution in [0.25, 0.3) is 22.2 Å². The van der Waals surface area contributed by atoms with Crippen molar-refractivity contribution in [1.82, 2.24) is 9.78 Å². The number of nitrogens with zero attached hydrogens (tertiary/aromatic N) is 2. The van der Waals surface area contributed by atoms with E-state index in [4.69, 9.17) is 14.6 Å². The van der Waals surface area contributed by atoms with Crippen molar-refractivity contribution in [2.24, 2.45) is 0 Å². The summed E-state index contributed by atoms with van der Waals surface area (Å²) in [6, 6.07) is 24.0. The Balaban J connectivity index is 1.70. The van der Waals surface area contributed by atoms with Gasteiger partial charge in [-0.05, 0) is 36.2 Å². The summed E-state index contributed by atoms with van der Waals surface area (Å²) < 4.78 is 12.5. The first-order valence-electron chi connectivity index (χ1n) is 9.46. The van der Waals surface area contributed by atoms with Gasteiger partial charge in [-0.15, -0.1) is 0 Å². The minimum atomic E-state index is -0.332.